The highest BCUT2D eigenvalue weighted by Gasteiger charge is 2.37. The molecule has 0 aliphatic carbocycles. The van der Waals surface area contributed by atoms with Crippen molar-refractivity contribution < 1.29 is 32.7 Å². The van der Waals surface area contributed by atoms with Gasteiger partial charge >= 0.3 is 6.09 Å². The molecule has 3 aromatic rings. The number of aromatic nitrogens is 2. The van der Waals surface area contributed by atoms with Crippen LogP contribution in [0.4, 0.5) is 13.6 Å². The van der Waals surface area contributed by atoms with E-state index in [1.807, 2.05) is 55.7 Å². The maximum atomic E-state index is 15.0. The number of carbonyl (C=O) groups is 4. The zero-order chi connectivity index (χ0) is 39.0. The number of ether oxygens (including phenoxy) is 1. The number of alkyl carbamates (subject to hydrolysis) is 1. The smallest absolute Gasteiger partial charge is 0.408 e. The van der Waals surface area contributed by atoms with Crippen LogP contribution in [0.3, 0.4) is 0 Å². The zero-order valence-corrected chi connectivity index (χ0v) is 32.0. The molecule has 0 saturated heterocycles. The van der Waals surface area contributed by atoms with Crippen molar-refractivity contribution in [1.82, 2.24) is 30.4 Å². The fourth-order valence-corrected chi connectivity index (χ4v) is 5.79. The van der Waals surface area contributed by atoms with E-state index in [9.17, 15) is 28.0 Å². The van der Waals surface area contributed by atoms with E-state index in [0.29, 0.717) is 18.8 Å². The van der Waals surface area contributed by atoms with E-state index >= 15 is 0 Å². The highest BCUT2D eigenvalue weighted by atomic mass is 19.1. The molecule has 1 aromatic heterocycles. The average Bonchev–Trinajstić information content (AvgIpc) is 3.43. The van der Waals surface area contributed by atoms with Crippen molar-refractivity contribution in [1.29, 1.82) is 0 Å². The van der Waals surface area contributed by atoms with Gasteiger partial charge in [0.25, 0.3) is 0 Å². The van der Waals surface area contributed by atoms with Crippen molar-refractivity contribution in [2.45, 2.75) is 106 Å². The molecule has 3 rings (SSSR count). The van der Waals surface area contributed by atoms with Crippen LogP contribution in [-0.4, -0.2) is 69.0 Å². The van der Waals surface area contributed by atoms with Gasteiger partial charge in [0, 0.05) is 38.3 Å². The minimum atomic E-state index is -0.920. The summed E-state index contributed by atoms with van der Waals surface area (Å²) in [5, 5.41) is 8.06. The Balaban J connectivity index is 1.78. The average molecular weight is 725 g/mol. The number of nitrogens with one attached hydrogen (secondary N) is 3. The summed E-state index contributed by atoms with van der Waals surface area (Å²) < 4.78 is 36.4. The highest BCUT2D eigenvalue weighted by molar-refractivity contribution is 5.91. The molecule has 1 heterocycles. The molecule has 0 radical (unpaired) electrons. The summed E-state index contributed by atoms with van der Waals surface area (Å²) in [6, 6.07) is 10.4. The monoisotopic (exact) mass is 724 g/mol. The summed E-state index contributed by atoms with van der Waals surface area (Å²) in [4.78, 5) is 58.1. The van der Waals surface area contributed by atoms with Gasteiger partial charge in [0.1, 0.15) is 35.1 Å². The Kier molecular flexibility index (Phi) is 14.1. The van der Waals surface area contributed by atoms with Gasteiger partial charge in [-0.15, -0.1) is 0 Å². The highest BCUT2D eigenvalue weighted by Crippen LogP contribution is 2.39. The molecule has 0 unspecified atom stereocenters. The van der Waals surface area contributed by atoms with Gasteiger partial charge in [0.15, 0.2) is 0 Å². The van der Waals surface area contributed by atoms with Gasteiger partial charge in [-0.05, 0) is 69.2 Å². The van der Waals surface area contributed by atoms with Crippen LogP contribution in [-0.2, 0) is 25.7 Å². The fourth-order valence-electron chi connectivity index (χ4n) is 5.79. The number of imidazole rings is 1. The second-order valence-electron chi connectivity index (χ2n) is 15.4. The van der Waals surface area contributed by atoms with Crippen LogP contribution in [0.2, 0.25) is 0 Å². The van der Waals surface area contributed by atoms with E-state index in [4.69, 9.17) is 9.72 Å². The number of hydrogen-bond donors (Lipinski definition) is 3. The first-order valence-electron chi connectivity index (χ1n) is 17.6. The van der Waals surface area contributed by atoms with Crippen LogP contribution in [0.5, 0.6) is 0 Å². The molecule has 0 bridgehead atoms. The molecule has 4 amide bonds. The van der Waals surface area contributed by atoms with Crippen molar-refractivity contribution in [3.05, 3.63) is 77.8 Å². The molecule has 13 heteroatoms. The quantitative estimate of drug-likeness (QED) is 0.166. The van der Waals surface area contributed by atoms with Crippen LogP contribution in [0.25, 0.3) is 11.3 Å². The first-order chi connectivity index (χ1) is 24.2. The van der Waals surface area contributed by atoms with E-state index in [0.717, 1.165) is 23.8 Å². The van der Waals surface area contributed by atoms with Crippen LogP contribution in [0.1, 0.15) is 93.1 Å². The van der Waals surface area contributed by atoms with Gasteiger partial charge in [-0.3, -0.25) is 14.4 Å². The second-order valence-corrected chi connectivity index (χ2v) is 15.4. The summed E-state index contributed by atoms with van der Waals surface area (Å²) in [7, 11) is 0. The third-order valence-electron chi connectivity index (χ3n) is 8.24. The van der Waals surface area contributed by atoms with Gasteiger partial charge in [-0.1, -0.05) is 65.0 Å². The normalized spacial score (nSPS) is 13.6. The maximum Gasteiger partial charge on any atom is 0.408 e. The lowest BCUT2D eigenvalue weighted by Gasteiger charge is -2.39. The molecule has 0 spiro atoms. The first kappa shape index (κ1) is 41.6. The maximum absolute atomic E-state index is 15.0. The van der Waals surface area contributed by atoms with Crippen LogP contribution in [0.15, 0.2) is 54.7 Å². The Morgan fingerprint density at radius 2 is 1.58 bits per heavy atom. The summed E-state index contributed by atoms with van der Waals surface area (Å²) in [5.41, 5.74) is -0.0806. The molecule has 0 aliphatic rings. The van der Waals surface area contributed by atoms with Crippen LogP contribution < -0.4 is 16.0 Å². The largest absolute Gasteiger partial charge is 0.444 e. The minimum absolute atomic E-state index is 0.0133. The molecule has 0 fully saturated rings. The standard InChI is InChI=1S/C39H54F2N6O5/c1-24(2)32(45-37(51)52-39(8,9)10)36(50)43-25(3)35(49)42-19-14-20-47(26(4)48)33(38(5,6)7)34-44-31(29-21-28(40)17-18-30(29)41)23-46(34)22-27-15-12-11-13-16-27/h11-13,15-18,21,23-25,32-33H,14,19-20,22H2,1-10H3,(H,42,49)(H,43,50)(H,45,51)/t25-,32-,33-/m0/s1. The van der Waals surface area contributed by atoms with Crippen molar-refractivity contribution >= 4 is 23.8 Å². The predicted molar refractivity (Wildman–Crippen MR) is 196 cm³/mol. The Morgan fingerprint density at radius 1 is 0.923 bits per heavy atom. The summed E-state index contributed by atoms with van der Waals surface area (Å²) in [6.07, 6.45) is 1.32. The fraction of sp³-hybridized carbons (Fsp3) is 0.513. The molecule has 0 aliphatic heterocycles. The van der Waals surface area contributed by atoms with E-state index < -0.39 is 58.7 Å². The first-order valence-corrected chi connectivity index (χ1v) is 17.6. The summed E-state index contributed by atoms with van der Waals surface area (Å²) in [6.45, 7) is 18.5. The van der Waals surface area contributed by atoms with Gasteiger partial charge in [-0.25, -0.2) is 18.6 Å². The molecular formula is C39H54F2N6O5. The van der Waals surface area contributed by atoms with Crippen LogP contribution in [0, 0.1) is 23.0 Å². The summed E-state index contributed by atoms with van der Waals surface area (Å²) >= 11 is 0. The van der Waals surface area contributed by atoms with E-state index in [1.165, 1.54) is 6.92 Å². The molecule has 284 valence electrons. The molecule has 2 aromatic carbocycles. The van der Waals surface area contributed by atoms with E-state index in [1.54, 1.807) is 52.6 Å². The number of nitrogens with zero attached hydrogens (tertiary/aromatic N) is 3. The molecule has 0 saturated carbocycles. The lowest BCUT2D eigenvalue weighted by Crippen LogP contribution is -2.55. The number of hydrogen-bond acceptors (Lipinski definition) is 6. The molecule has 11 nitrogen and oxygen atoms in total. The number of halogens is 2. The van der Waals surface area contributed by atoms with Crippen molar-refractivity contribution in [3.63, 3.8) is 0 Å². The van der Waals surface area contributed by atoms with E-state index in [-0.39, 0.29) is 36.2 Å². The second kappa shape index (κ2) is 17.6. The number of benzene rings is 2. The van der Waals surface area contributed by atoms with Crippen LogP contribution >= 0.6 is 0 Å². The lowest BCUT2D eigenvalue weighted by atomic mass is 9.84. The molecule has 3 N–H and O–H groups in total. The Hall–Kier alpha value is -4.81. The topological polar surface area (TPSA) is 135 Å². The number of rotatable bonds is 14. The Bertz CT molecular complexity index is 1700. The number of carbonyl (C=O) groups excluding carboxylic acids is 4. The zero-order valence-electron chi connectivity index (χ0n) is 32.0. The van der Waals surface area contributed by atoms with Crippen molar-refractivity contribution in [2.24, 2.45) is 11.3 Å². The van der Waals surface area contributed by atoms with Crippen molar-refractivity contribution in [2.75, 3.05) is 13.1 Å². The summed E-state index contributed by atoms with van der Waals surface area (Å²) in [5.74, 6) is -2.17. The third-order valence-corrected chi connectivity index (χ3v) is 8.24. The van der Waals surface area contributed by atoms with Gasteiger partial charge in [-0.2, -0.15) is 0 Å². The van der Waals surface area contributed by atoms with Gasteiger partial charge < -0.3 is 30.2 Å². The van der Waals surface area contributed by atoms with Gasteiger partial charge in [0.05, 0.1) is 11.7 Å². The lowest BCUT2D eigenvalue weighted by molar-refractivity contribution is -0.134. The number of amides is 4. The third kappa shape index (κ3) is 11.9. The van der Waals surface area contributed by atoms with Crippen molar-refractivity contribution in [3.8, 4) is 11.3 Å². The van der Waals surface area contributed by atoms with E-state index in [2.05, 4.69) is 16.0 Å². The van der Waals surface area contributed by atoms with Gasteiger partial charge in [0.2, 0.25) is 17.7 Å². The molecular weight excluding hydrogens is 670 g/mol. The Labute approximate surface area is 305 Å². The minimum Gasteiger partial charge on any atom is -0.444 e. The molecule has 52 heavy (non-hydrogen) atoms. The predicted octanol–water partition coefficient (Wildman–Crippen LogP) is 6.37. The Morgan fingerprint density at radius 3 is 2.15 bits per heavy atom. The molecule has 3 atom stereocenters. The SMILES string of the molecule is CC(=O)N(CCCNC(=O)[C@H](C)NC(=O)[C@@H](NC(=O)OC(C)(C)C)C(C)C)[C@@H](c1nc(-c2cc(F)ccc2F)cn1Cc1ccccc1)C(C)(C)C.